The number of benzene rings is 8. The first-order valence-electron chi connectivity index (χ1n) is 16.6. The molecule has 0 aliphatic carbocycles. The van der Waals surface area contributed by atoms with Crippen molar-refractivity contribution >= 4 is 72.2 Å². The molecule has 0 aromatic heterocycles. The minimum atomic E-state index is -0.406. The molecule has 0 amide bonds. The fourth-order valence-corrected chi connectivity index (χ4v) is 8.57. The molecule has 232 valence electrons. The average Bonchev–Trinajstić information content (AvgIpc) is 3.62. The molecule has 2 aliphatic heterocycles. The van der Waals surface area contributed by atoms with Crippen LogP contribution >= 0.6 is 11.8 Å². The third-order valence-electron chi connectivity index (χ3n) is 9.71. The second kappa shape index (κ2) is 11.4. The summed E-state index contributed by atoms with van der Waals surface area (Å²) in [7, 11) is 0. The first-order valence-corrected chi connectivity index (χ1v) is 17.5. The lowest BCUT2D eigenvalue weighted by Crippen LogP contribution is -2.36. The second-order valence-electron chi connectivity index (χ2n) is 12.7. The van der Waals surface area contributed by atoms with Crippen LogP contribution < -0.4 is 10.6 Å². The molecule has 2 N–H and O–H groups in total. The van der Waals surface area contributed by atoms with Crippen LogP contribution in [-0.2, 0) is 0 Å². The van der Waals surface area contributed by atoms with Gasteiger partial charge in [0.2, 0.25) is 0 Å². The Hall–Kier alpha value is -5.91. The number of aliphatic imine (C=N–C) groups is 2. The van der Waals surface area contributed by atoms with Gasteiger partial charge in [0.1, 0.15) is 17.0 Å². The molecule has 2 unspecified atom stereocenters. The summed E-state index contributed by atoms with van der Waals surface area (Å²) >= 11 is 1.90. The number of hydrogen-bond donors (Lipinski definition) is 2. The van der Waals surface area contributed by atoms with Gasteiger partial charge in [-0.1, -0.05) is 151 Å². The molecule has 0 radical (unpaired) electrons. The molecule has 5 heteroatoms. The van der Waals surface area contributed by atoms with Gasteiger partial charge in [0.25, 0.3) is 0 Å². The fraction of sp³-hybridized carbons (Fsp3) is 0.0455. The van der Waals surface area contributed by atoms with Crippen molar-refractivity contribution in [2.45, 2.75) is 16.4 Å². The Labute approximate surface area is 288 Å². The molecule has 2 aliphatic rings. The van der Waals surface area contributed by atoms with Gasteiger partial charge in [0.05, 0.1) is 0 Å². The van der Waals surface area contributed by atoms with Crippen molar-refractivity contribution in [3.05, 3.63) is 180 Å². The van der Waals surface area contributed by atoms with Gasteiger partial charge < -0.3 is 10.6 Å². The predicted octanol–water partition coefficient (Wildman–Crippen LogP) is 11.0. The molecule has 4 nitrogen and oxygen atoms in total. The molecule has 0 fully saturated rings. The van der Waals surface area contributed by atoms with Crippen molar-refractivity contribution in [1.29, 1.82) is 0 Å². The van der Waals surface area contributed by atoms with Crippen molar-refractivity contribution < 1.29 is 0 Å². The molecule has 8 aromatic rings. The first-order chi connectivity index (χ1) is 24.2. The standard InChI is InChI=1S/C44H30N4S/c1-2-11-30(12-3-1)44-45-38-24-22-29-18-19-32-26-34(21-23-36(32)39(29)40(38)49-44)42-46-41(33-20-17-27-9-4-5-13-31(27)25-33)47-43(48-42)37-16-8-14-28-10-6-7-15-35(28)37/h1-26,42,44-45H,(H,46,47,48). The zero-order chi connectivity index (χ0) is 32.3. The highest BCUT2D eigenvalue weighted by Gasteiger charge is 2.26. The minimum Gasteiger partial charge on any atom is -0.368 e. The van der Waals surface area contributed by atoms with Gasteiger partial charge in [-0.05, 0) is 67.0 Å². The van der Waals surface area contributed by atoms with Crippen LogP contribution in [0.5, 0.6) is 0 Å². The summed E-state index contributed by atoms with van der Waals surface area (Å²) in [6, 6.07) is 56.3. The number of fused-ring (bicyclic) bond motifs is 7. The summed E-state index contributed by atoms with van der Waals surface area (Å²) in [5.41, 5.74) is 5.64. The zero-order valence-electron chi connectivity index (χ0n) is 26.5. The van der Waals surface area contributed by atoms with E-state index in [1.807, 2.05) is 11.8 Å². The fourth-order valence-electron chi connectivity index (χ4n) is 7.26. The molecule has 2 atom stereocenters. The van der Waals surface area contributed by atoms with Gasteiger partial charge in [-0.15, -0.1) is 0 Å². The number of hydrogen-bond acceptors (Lipinski definition) is 5. The molecule has 10 rings (SSSR count). The van der Waals surface area contributed by atoms with Crippen LogP contribution in [0.15, 0.2) is 173 Å². The number of nitrogens with zero attached hydrogens (tertiary/aromatic N) is 2. The number of amidine groups is 2. The van der Waals surface area contributed by atoms with Crippen molar-refractivity contribution in [3.8, 4) is 0 Å². The Morgan fingerprint density at radius 1 is 0.490 bits per heavy atom. The van der Waals surface area contributed by atoms with Crippen LogP contribution in [0.2, 0.25) is 0 Å². The number of nitrogens with one attached hydrogen (secondary N) is 2. The molecule has 0 bridgehead atoms. The Bertz CT molecular complexity index is 2660. The average molecular weight is 647 g/mol. The van der Waals surface area contributed by atoms with Crippen molar-refractivity contribution in [2.75, 3.05) is 5.32 Å². The maximum Gasteiger partial charge on any atom is 0.169 e. The Morgan fingerprint density at radius 2 is 1.22 bits per heavy atom. The highest BCUT2D eigenvalue weighted by Crippen LogP contribution is 2.51. The molecule has 49 heavy (non-hydrogen) atoms. The van der Waals surface area contributed by atoms with E-state index in [-0.39, 0.29) is 5.37 Å². The summed E-state index contributed by atoms with van der Waals surface area (Å²) in [5, 5.41) is 17.3. The first kappa shape index (κ1) is 28.1. The number of thioether (sulfide) groups is 1. The summed E-state index contributed by atoms with van der Waals surface area (Å²) in [6.45, 7) is 0. The largest absolute Gasteiger partial charge is 0.368 e. The topological polar surface area (TPSA) is 48.8 Å². The van der Waals surface area contributed by atoms with Gasteiger partial charge >= 0.3 is 0 Å². The van der Waals surface area contributed by atoms with Crippen LogP contribution in [0.3, 0.4) is 0 Å². The van der Waals surface area contributed by atoms with Crippen LogP contribution in [0, 0.1) is 0 Å². The monoisotopic (exact) mass is 646 g/mol. The maximum absolute atomic E-state index is 5.28. The van der Waals surface area contributed by atoms with Gasteiger partial charge in [0, 0.05) is 27.1 Å². The van der Waals surface area contributed by atoms with Gasteiger partial charge in [-0.3, -0.25) is 0 Å². The molecule has 0 saturated heterocycles. The van der Waals surface area contributed by atoms with E-state index in [9.17, 15) is 0 Å². The van der Waals surface area contributed by atoms with E-state index in [4.69, 9.17) is 9.98 Å². The Morgan fingerprint density at radius 3 is 2.14 bits per heavy atom. The minimum absolute atomic E-state index is 0.191. The van der Waals surface area contributed by atoms with Crippen molar-refractivity contribution in [1.82, 2.24) is 5.32 Å². The van der Waals surface area contributed by atoms with Gasteiger partial charge in [-0.25, -0.2) is 9.98 Å². The van der Waals surface area contributed by atoms with Crippen LogP contribution in [0.25, 0.3) is 43.1 Å². The van der Waals surface area contributed by atoms with E-state index in [2.05, 4.69) is 168 Å². The highest BCUT2D eigenvalue weighted by atomic mass is 32.2. The summed E-state index contributed by atoms with van der Waals surface area (Å²) in [6.07, 6.45) is -0.406. The van der Waals surface area contributed by atoms with E-state index in [1.165, 1.54) is 53.8 Å². The normalized spacial score (nSPS) is 17.1. The molecular formula is C44H30N4S. The summed E-state index contributed by atoms with van der Waals surface area (Å²) < 4.78 is 0. The molecule has 8 aromatic carbocycles. The van der Waals surface area contributed by atoms with E-state index in [0.29, 0.717) is 0 Å². The molecular weight excluding hydrogens is 617 g/mol. The second-order valence-corrected chi connectivity index (χ2v) is 13.8. The lowest BCUT2D eigenvalue weighted by atomic mass is 9.98. The zero-order valence-corrected chi connectivity index (χ0v) is 27.3. The van der Waals surface area contributed by atoms with E-state index in [0.717, 1.165) is 33.7 Å². The third-order valence-corrected chi connectivity index (χ3v) is 11.0. The molecule has 0 saturated carbocycles. The van der Waals surface area contributed by atoms with Gasteiger partial charge in [-0.2, -0.15) is 0 Å². The van der Waals surface area contributed by atoms with Crippen LogP contribution in [0.1, 0.15) is 33.8 Å². The van der Waals surface area contributed by atoms with Gasteiger partial charge in [0.15, 0.2) is 6.17 Å². The molecule has 2 heterocycles. The quantitative estimate of drug-likeness (QED) is 0.187. The summed E-state index contributed by atoms with van der Waals surface area (Å²) in [5.74, 6) is 1.64. The van der Waals surface area contributed by atoms with Crippen molar-refractivity contribution in [3.63, 3.8) is 0 Å². The lowest BCUT2D eigenvalue weighted by Gasteiger charge is -2.23. The predicted molar refractivity (Wildman–Crippen MR) is 207 cm³/mol. The molecule has 0 spiro atoms. The Balaban J connectivity index is 1.10. The Kier molecular flexibility index (Phi) is 6.52. The number of anilines is 1. The van der Waals surface area contributed by atoms with Crippen molar-refractivity contribution in [2.24, 2.45) is 9.98 Å². The summed E-state index contributed by atoms with van der Waals surface area (Å²) in [4.78, 5) is 11.8. The SMILES string of the molecule is c1ccc(C2Nc3ccc4ccc5cc(C6N=C(c7ccc8ccccc8c7)NC(c7cccc8ccccc78)=N6)ccc5c4c3S2)cc1. The van der Waals surface area contributed by atoms with Crippen LogP contribution in [0.4, 0.5) is 5.69 Å². The smallest absolute Gasteiger partial charge is 0.169 e. The van der Waals surface area contributed by atoms with E-state index < -0.39 is 6.17 Å². The lowest BCUT2D eigenvalue weighted by molar-refractivity contribution is 0.757. The number of rotatable bonds is 4. The van der Waals surface area contributed by atoms with E-state index >= 15 is 0 Å². The maximum atomic E-state index is 5.28. The van der Waals surface area contributed by atoms with E-state index in [1.54, 1.807) is 0 Å². The van der Waals surface area contributed by atoms with Crippen LogP contribution in [-0.4, -0.2) is 11.7 Å². The highest BCUT2D eigenvalue weighted by molar-refractivity contribution is 8.00. The third kappa shape index (κ3) is 4.85.